The first-order valence-corrected chi connectivity index (χ1v) is 13.7. The minimum atomic E-state index is -3.29. The van der Waals surface area contributed by atoms with Crippen molar-refractivity contribution in [2.75, 3.05) is 26.5 Å². The van der Waals surface area contributed by atoms with Crippen molar-refractivity contribution >= 4 is 26.5 Å². The molecular weight excluding hydrogens is 472 g/mol. The summed E-state index contributed by atoms with van der Waals surface area (Å²) in [7, 11) is -1.71. The van der Waals surface area contributed by atoms with Crippen molar-refractivity contribution in [3.63, 3.8) is 0 Å². The van der Waals surface area contributed by atoms with E-state index in [1.807, 2.05) is 18.2 Å². The Hall–Kier alpha value is -3.68. The molecule has 0 spiro atoms. The number of hydrogen-bond donors (Lipinski definition) is 2. The van der Waals surface area contributed by atoms with E-state index < -0.39 is 9.84 Å². The molecule has 0 unspecified atom stereocenters. The summed E-state index contributed by atoms with van der Waals surface area (Å²) in [4.78, 5) is 12.6. The number of rotatable bonds is 9. The molecule has 186 valence electrons. The second-order valence-electron chi connectivity index (χ2n) is 8.71. The van der Waals surface area contributed by atoms with E-state index >= 15 is 0 Å². The molecule has 1 amide bonds. The smallest absolute Gasteiger partial charge is 0.251 e. The number of ether oxygens (including phenoxy) is 1. The van der Waals surface area contributed by atoms with Crippen LogP contribution in [0.5, 0.6) is 5.75 Å². The summed E-state index contributed by atoms with van der Waals surface area (Å²) < 4.78 is 29.6. The first-order chi connectivity index (χ1) is 17.3. The van der Waals surface area contributed by atoms with Gasteiger partial charge < -0.3 is 15.4 Å². The van der Waals surface area contributed by atoms with Crippen LogP contribution in [-0.2, 0) is 9.84 Å². The zero-order valence-electron chi connectivity index (χ0n) is 20.6. The lowest BCUT2D eigenvalue weighted by molar-refractivity contribution is 0.0962. The van der Waals surface area contributed by atoms with Crippen molar-refractivity contribution in [1.29, 1.82) is 0 Å². The molecule has 0 saturated heterocycles. The van der Waals surface area contributed by atoms with E-state index in [4.69, 9.17) is 4.74 Å². The molecule has 0 radical (unpaired) electrons. The molecule has 4 rings (SSSR count). The van der Waals surface area contributed by atoms with Crippen LogP contribution in [0.3, 0.4) is 0 Å². The molecular formula is C29H30N2O4S. The van der Waals surface area contributed by atoms with Gasteiger partial charge in [0.25, 0.3) is 5.91 Å². The van der Waals surface area contributed by atoms with E-state index in [1.165, 1.54) is 22.6 Å². The summed E-state index contributed by atoms with van der Waals surface area (Å²) >= 11 is 0. The van der Waals surface area contributed by atoms with Crippen LogP contribution in [0.2, 0.25) is 0 Å². The van der Waals surface area contributed by atoms with Gasteiger partial charge in [-0.15, -0.1) is 0 Å². The highest BCUT2D eigenvalue weighted by Gasteiger charge is 2.12. The SMILES string of the molecule is CNC(=O)c1cc(OCCN[C@H](C)c2cccc3ccccc23)cc(-c2ccc(S(C)(=O)=O)cc2)c1. The third-order valence-corrected chi connectivity index (χ3v) is 7.25. The highest BCUT2D eigenvalue weighted by molar-refractivity contribution is 7.90. The number of nitrogens with one attached hydrogen (secondary N) is 2. The van der Waals surface area contributed by atoms with Crippen LogP contribution in [-0.4, -0.2) is 40.8 Å². The Morgan fingerprint density at radius 2 is 1.64 bits per heavy atom. The van der Waals surface area contributed by atoms with Gasteiger partial charge in [0.15, 0.2) is 9.84 Å². The predicted molar refractivity (Wildman–Crippen MR) is 144 cm³/mol. The van der Waals surface area contributed by atoms with Crippen molar-refractivity contribution < 1.29 is 17.9 Å². The molecule has 0 aliphatic carbocycles. The average Bonchev–Trinajstić information content (AvgIpc) is 2.89. The Balaban J connectivity index is 1.47. The Labute approximate surface area is 212 Å². The largest absolute Gasteiger partial charge is 0.492 e. The lowest BCUT2D eigenvalue weighted by atomic mass is 10.00. The molecule has 6 nitrogen and oxygen atoms in total. The van der Waals surface area contributed by atoms with Gasteiger partial charge in [0.05, 0.1) is 4.90 Å². The monoisotopic (exact) mass is 502 g/mol. The van der Waals surface area contributed by atoms with Gasteiger partial charge in [0.2, 0.25) is 0 Å². The first-order valence-electron chi connectivity index (χ1n) is 11.8. The highest BCUT2D eigenvalue weighted by atomic mass is 32.2. The minimum absolute atomic E-state index is 0.140. The zero-order valence-corrected chi connectivity index (χ0v) is 21.4. The number of sulfone groups is 1. The van der Waals surface area contributed by atoms with E-state index in [0.29, 0.717) is 24.5 Å². The number of fused-ring (bicyclic) bond motifs is 1. The molecule has 0 heterocycles. The van der Waals surface area contributed by atoms with Crippen molar-refractivity contribution in [2.45, 2.75) is 17.9 Å². The van der Waals surface area contributed by atoms with Crippen molar-refractivity contribution in [1.82, 2.24) is 10.6 Å². The maximum Gasteiger partial charge on any atom is 0.251 e. The Morgan fingerprint density at radius 3 is 2.36 bits per heavy atom. The molecule has 0 aliphatic heterocycles. The summed E-state index contributed by atoms with van der Waals surface area (Å²) in [6.45, 7) is 3.16. The number of amides is 1. The molecule has 0 aromatic heterocycles. The molecule has 0 saturated carbocycles. The zero-order chi connectivity index (χ0) is 25.7. The van der Waals surface area contributed by atoms with E-state index in [0.717, 1.165) is 11.1 Å². The van der Waals surface area contributed by atoms with Crippen molar-refractivity contribution in [2.24, 2.45) is 0 Å². The fourth-order valence-electron chi connectivity index (χ4n) is 4.20. The van der Waals surface area contributed by atoms with Crippen LogP contribution in [0.15, 0.2) is 89.8 Å². The molecule has 0 bridgehead atoms. The number of carbonyl (C=O) groups excluding carboxylic acids is 1. The Bertz CT molecular complexity index is 1480. The van der Waals surface area contributed by atoms with Gasteiger partial charge in [-0.1, -0.05) is 54.6 Å². The third-order valence-electron chi connectivity index (χ3n) is 6.12. The fraction of sp³-hybridized carbons (Fsp3) is 0.207. The second-order valence-corrected chi connectivity index (χ2v) is 10.7. The normalized spacial score (nSPS) is 12.3. The molecule has 0 aliphatic rings. The fourth-order valence-corrected chi connectivity index (χ4v) is 4.83. The first kappa shape index (κ1) is 25.4. The van der Waals surface area contributed by atoms with E-state index in [2.05, 4.69) is 47.9 Å². The molecule has 7 heteroatoms. The van der Waals surface area contributed by atoms with Crippen LogP contribution in [0.1, 0.15) is 28.9 Å². The van der Waals surface area contributed by atoms with Gasteiger partial charge in [-0.25, -0.2) is 8.42 Å². The Kier molecular flexibility index (Phi) is 7.72. The quantitative estimate of drug-likeness (QED) is 0.315. The molecule has 4 aromatic carbocycles. The molecule has 2 N–H and O–H groups in total. The Morgan fingerprint density at radius 1 is 0.917 bits per heavy atom. The minimum Gasteiger partial charge on any atom is -0.492 e. The van der Waals surface area contributed by atoms with Crippen molar-refractivity contribution in [3.8, 4) is 16.9 Å². The highest BCUT2D eigenvalue weighted by Crippen LogP contribution is 2.28. The van der Waals surface area contributed by atoms with Gasteiger partial charge in [0, 0.05) is 31.5 Å². The number of hydrogen-bond acceptors (Lipinski definition) is 5. The average molecular weight is 503 g/mol. The van der Waals surface area contributed by atoms with Crippen LogP contribution in [0.25, 0.3) is 21.9 Å². The summed E-state index contributed by atoms with van der Waals surface area (Å²) in [5, 5.41) is 8.60. The van der Waals surface area contributed by atoms with E-state index in [9.17, 15) is 13.2 Å². The van der Waals surface area contributed by atoms with Crippen LogP contribution >= 0.6 is 0 Å². The summed E-state index contributed by atoms with van der Waals surface area (Å²) in [5.74, 6) is 0.343. The van der Waals surface area contributed by atoms with Crippen LogP contribution < -0.4 is 15.4 Å². The van der Waals surface area contributed by atoms with Crippen LogP contribution in [0, 0.1) is 0 Å². The van der Waals surface area contributed by atoms with Gasteiger partial charge in [-0.2, -0.15) is 0 Å². The van der Waals surface area contributed by atoms with Crippen LogP contribution in [0.4, 0.5) is 0 Å². The maximum atomic E-state index is 12.4. The standard InChI is InChI=1S/C29H30N2O4S/c1-20(27-10-6-8-22-7-4-5-9-28(22)27)31-15-16-35-25-18-23(17-24(19-25)29(32)30-2)21-11-13-26(14-12-21)36(3,33)34/h4-14,17-20,31H,15-16H2,1-3H3,(H,30,32)/t20-/m1/s1. The third kappa shape index (κ3) is 5.93. The molecule has 36 heavy (non-hydrogen) atoms. The van der Waals surface area contributed by atoms with Gasteiger partial charge in [-0.3, -0.25) is 4.79 Å². The predicted octanol–water partition coefficient (Wildman–Crippen LogP) is 5.00. The van der Waals surface area contributed by atoms with Gasteiger partial charge in [-0.05, 0) is 64.7 Å². The lowest BCUT2D eigenvalue weighted by Gasteiger charge is -2.17. The van der Waals surface area contributed by atoms with E-state index in [-0.39, 0.29) is 16.8 Å². The summed E-state index contributed by atoms with van der Waals surface area (Å²) in [5.41, 5.74) is 3.26. The molecule has 1 atom stereocenters. The number of benzene rings is 4. The molecule has 0 fully saturated rings. The van der Waals surface area contributed by atoms with E-state index in [1.54, 1.807) is 43.4 Å². The van der Waals surface area contributed by atoms with Crippen molar-refractivity contribution in [3.05, 3.63) is 96.1 Å². The summed E-state index contributed by atoms with van der Waals surface area (Å²) in [6, 6.07) is 26.7. The molecule has 4 aromatic rings. The van der Waals surface area contributed by atoms with Gasteiger partial charge >= 0.3 is 0 Å². The summed E-state index contributed by atoms with van der Waals surface area (Å²) in [6.07, 6.45) is 1.18. The lowest BCUT2D eigenvalue weighted by Crippen LogP contribution is -2.24. The number of carbonyl (C=O) groups is 1. The second kappa shape index (κ2) is 10.9. The maximum absolute atomic E-state index is 12.4. The topological polar surface area (TPSA) is 84.5 Å². The van der Waals surface area contributed by atoms with Gasteiger partial charge in [0.1, 0.15) is 12.4 Å².